The minimum absolute atomic E-state index is 0.00106. The van der Waals surface area contributed by atoms with E-state index in [9.17, 15) is 9.18 Å². The fourth-order valence-electron chi connectivity index (χ4n) is 1.18. The summed E-state index contributed by atoms with van der Waals surface area (Å²) in [6.07, 6.45) is 5.08. The first-order valence-corrected chi connectivity index (χ1v) is 6.15. The van der Waals surface area contributed by atoms with E-state index in [0.29, 0.717) is 23.7 Å². The normalized spacial score (nSPS) is 9.65. The smallest absolute Gasteiger partial charge is 0.254 e. The Hall–Kier alpha value is -1.67. The van der Waals surface area contributed by atoms with Gasteiger partial charge in [0.15, 0.2) is 0 Å². The number of nitrogens with two attached hydrogens (primary N) is 1. The van der Waals surface area contributed by atoms with E-state index in [0.717, 1.165) is 6.07 Å². The molecule has 0 bridgehead atoms. The first kappa shape index (κ1) is 13.4. The molecule has 0 atom stereocenters. The van der Waals surface area contributed by atoms with Crippen molar-refractivity contribution < 1.29 is 9.18 Å². The fourth-order valence-corrected chi connectivity index (χ4v) is 1.69. The van der Waals surface area contributed by atoms with E-state index in [1.54, 1.807) is 0 Å². The Morgan fingerprint density at radius 2 is 2.35 bits per heavy atom. The number of nitrogen functional groups attached to an aromatic ring is 1. The topological polar surface area (TPSA) is 55.1 Å². The minimum Gasteiger partial charge on any atom is -0.399 e. The van der Waals surface area contributed by atoms with Crippen LogP contribution in [0.4, 0.5) is 10.1 Å². The van der Waals surface area contributed by atoms with Gasteiger partial charge in [-0.05, 0) is 18.2 Å². The number of amides is 1. The van der Waals surface area contributed by atoms with Gasteiger partial charge in [-0.1, -0.05) is 5.92 Å². The van der Waals surface area contributed by atoms with Crippen LogP contribution in [0.25, 0.3) is 0 Å². The SMILES string of the molecule is C#CCSCCNC(=O)c1ccc(N)cc1F. The highest BCUT2D eigenvalue weighted by atomic mass is 32.2. The highest BCUT2D eigenvalue weighted by Crippen LogP contribution is 2.11. The molecule has 0 saturated heterocycles. The highest BCUT2D eigenvalue weighted by molar-refractivity contribution is 7.99. The largest absolute Gasteiger partial charge is 0.399 e. The third-order valence-electron chi connectivity index (χ3n) is 1.96. The van der Waals surface area contributed by atoms with Crippen LogP contribution in [0.2, 0.25) is 0 Å². The van der Waals surface area contributed by atoms with Gasteiger partial charge in [-0.25, -0.2) is 4.39 Å². The zero-order chi connectivity index (χ0) is 12.7. The minimum atomic E-state index is -0.612. The van der Waals surface area contributed by atoms with E-state index in [4.69, 9.17) is 12.2 Å². The second kappa shape index (κ2) is 6.81. The maximum absolute atomic E-state index is 13.4. The monoisotopic (exact) mass is 252 g/mol. The number of benzene rings is 1. The zero-order valence-corrected chi connectivity index (χ0v) is 10.0. The predicted octanol–water partition coefficient (Wildman–Crippen LogP) is 1.50. The molecule has 1 amide bonds. The second-order valence-electron chi connectivity index (χ2n) is 3.25. The molecule has 1 rings (SSSR count). The number of carbonyl (C=O) groups excluding carboxylic acids is 1. The molecule has 90 valence electrons. The summed E-state index contributed by atoms with van der Waals surface area (Å²) < 4.78 is 13.4. The molecule has 0 aromatic heterocycles. The summed E-state index contributed by atoms with van der Waals surface area (Å²) in [6.45, 7) is 0.453. The van der Waals surface area contributed by atoms with E-state index in [2.05, 4.69) is 11.2 Å². The molecule has 0 radical (unpaired) electrons. The molecule has 3 nitrogen and oxygen atoms in total. The number of hydrogen-bond acceptors (Lipinski definition) is 3. The number of halogens is 1. The number of rotatable bonds is 5. The van der Waals surface area contributed by atoms with Crippen LogP contribution in [-0.2, 0) is 0 Å². The van der Waals surface area contributed by atoms with Gasteiger partial charge in [-0.15, -0.1) is 18.2 Å². The van der Waals surface area contributed by atoms with Gasteiger partial charge in [-0.3, -0.25) is 4.79 Å². The highest BCUT2D eigenvalue weighted by Gasteiger charge is 2.10. The van der Waals surface area contributed by atoms with Crippen molar-refractivity contribution in [3.05, 3.63) is 29.6 Å². The lowest BCUT2D eigenvalue weighted by molar-refractivity contribution is 0.0952. The summed E-state index contributed by atoms with van der Waals surface area (Å²) in [7, 11) is 0. The maximum Gasteiger partial charge on any atom is 0.254 e. The number of nitrogens with one attached hydrogen (secondary N) is 1. The van der Waals surface area contributed by atoms with Crippen molar-refractivity contribution >= 4 is 23.4 Å². The second-order valence-corrected chi connectivity index (χ2v) is 4.36. The van der Waals surface area contributed by atoms with Crippen LogP contribution >= 0.6 is 11.8 Å². The van der Waals surface area contributed by atoms with E-state index < -0.39 is 11.7 Å². The van der Waals surface area contributed by atoms with Gasteiger partial charge < -0.3 is 11.1 Å². The fraction of sp³-hybridized carbons (Fsp3) is 0.250. The van der Waals surface area contributed by atoms with E-state index in [1.807, 2.05) is 0 Å². The summed E-state index contributed by atoms with van der Waals surface area (Å²) >= 11 is 1.53. The molecule has 0 fully saturated rings. The lowest BCUT2D eigenvalue weighted by atomic mass is 10.2. The first-order chi connectivity index (χ1) is 8.15. The van der Waals surface area contributed by atoms with Crippen molar-refractivity contribution in [1.82, 2.24) is 5.32 Å². The number of terminal acetylenes is 1. The van der Waals surface area contributed by atoms with Crippen LogP contribution in [0.5, 0.6) is 0 Å². The standard InChI is InChI=1S/C12H13FN2OS/c1-2-6-17-7-5-15-12(16)10-4-3-9(14)8-11(10)13/h1,3-4,8H,5-7,14H2,(H,15,16). The predicted molar refractivity (Wildman–Crippen MR) is 69.3 cm³/mol. The van der Waals surface area contributed by atoms with Crippen LogP contribution in [0.15, 0.2) is 18.2 Å². The Labute approximate surface area is 104 Å². The van der Waals surface area contributed by atoms with Gasteiger partial charge in [0, 0.05) is 18.0 Å². The van der Waals surface area contributed by atoms with Crippen molar-refractivity contribution in [1.29, 1.82) is 0 Å². The molecular formula is C12H13FN2OS. The Bertz CT molecular complexity index is 443. The maximum atomic E-state index is 13.4. The van der Waals surface area contributed by atoms with Gasteiger partial charge in [0.05, 0.1) is 11.3 Å². The Kier molecular flexibility index (Phi) is 5.37. The van der Waals surface area contributed by atoms with Crippen molar-refractivity contribution in [3.8, 4) is 12.3 Å². The number of anilines is 1. The van der Waals surface area contributed by atoms with Crippen LogP contribution in [0.1, 0.15) is 10.4 Å². The van der Waals surface area contributed by atoms with Crippen molar-refractivity contribution in [2.24, 2.45) is 0 Å². The Morgan fingerprint density at radius 1 is 1.59 bits per heavy atom. The lowest BCUT2D eigenvalue weighted by Gasteiger charge is -2.05. The quantitative estimate of drug-likeness (QED) is 0.474. The van der Waals surface area contributed by atoms with Crippen molar-refractivity contribution in [3.63, 3.8) is 0 Å². The summed E-state index contributed by atoms with van der Waals surface area (Å²) in [4.78, 5) is 11.6. The third kappa shape index (κ3) is 4.37. The molecule has 5 heteroatoms. The summed E-state index contributed by atoms with van der Waals surface area (Å²) in [6, 6.07) is 3.99. The molecule has 3 N–H and O–H groups in total. The van der Waals surface area contributed by atoms with E-state index >= 15 is 0 Å². The molecule has 0 unspecified atom stereocenters. The van der Waals surface area contributed by atoms with Crippen LogP contribution in [-0.4, -0.2) is 24.0 Å². The van der Waals surface area contributed by atoms with Gasteiger partial charge >= 0.3 is 0 Å². The van der Waals surface area contributed by atoms with Gasteiger partial charge in [0.25, 0.3) is 5.91 Å². The van der Waals surface area contributed by atoms with E-state index in [1.165, 1.54) is 23.9 Å². The van der Waals surface area contributed by atoms with Crippen LogP contribution in [0, 0.1) is 18.2 Å². The van der Waals surface area contributed by atoms with Gasteiger partial charge in [0.2, 0.25) is 0 Å². The van der Waals surface area contributed by atoms with Crippen molar-refractivity contribution in [2.75, 3.05) is 23.8 Å². The van der Waals surface area contributed by atoms with Crippen LogP contribution < -0.4 is 11.1 Å². The lowest BCUT2D eigenvalue weighted by Crippen LogP contribution is -2.26. The summed E-state index contributed by atoms with van der Waals surface area (Å²) in [5.41, 5.74) is 5.68. The number of hydrogen-bond donors (Lipinski definition) is 2. The zero-order valence-electron chi connectivity index (χ0n) is 9.20. The van der Waals surface area contributed by atoms with Crippen molar-refractivity contribution in [2.45, 2.75) is 0 Å². The molecule has 0 aliphatic heterocycles. The van der Waals surface area contributed by atoms with E-state index in [-0.39, 0.29) is 5.56 Å². The summed E-state index contributed by atoms with van der Waals surface area (Å²) in [5.74, 6) is 2.73. The molecule has 1 aromatic carbocycles. The molecule has 17 heavy (non-hydrogen) atoms. The summed E-state index contributed by atoms with van der Waals surface area (Å²) in [5, 5.41) is 2.61. The van der Waals surface area contributed by atoms with Crippen LogP contribution in [0.3, 0.4) is 0 Å². The molecule has 0 spiro atoms. The van der Waals surface area contributed by atoms with Gasteiger partial charge in [-0.2, -0.15) is 0 Å². The molecular weight excluding hydrogens is 239 g/mol. The Morgan fingerprint density at radius 3 is 3.00 bits per heavy atom. The molecule has 0 aliphatic rings. The molecule has 0 heterocycles. The molecule has 1 aromatic rings. The first-order valence-electron chi connectivity index (χ1n) is 4.99. The average molecular weight is 252 g/mol. The molecule has 0 saturated carbocycles. The number of thioether (sulfide) groups is 1. The number of carbonyl (C=O) groups is 1. The third-order valence-corrected chi connectivity index (χ3v) is 2.82. The Balaban J connectivity index is 2.45. The van der Waals surface area contributed by atoms with Gasteiger partial charge in [0.1, 0.15) is 5.82 Å². The average Bonchev–Trinajstić information content (AvgIpc) is 2.28. The molecule has 0 aliphatic carbocycles.